The van der Waals surface area contributed by atoms with Gasteiger partial charge in [0.2, 0.25) is 8.10 Å². The van der Waals surface area contributed by atoms with E-state index in [0.717, 1.165) is 4.67 Å². The van der Waals surface area contributed by atoms with Crippen LogP contribution in [0, 0.1) is 0 Å². The summed E-state index contributed by atoms with van der Waals surface area (Å²) in [6.07, 6.45) is -0.665. The molecule has 9 heteroatoms. The lowest BCUT2D eigenvalue weighted by Gasteiger charge is -2.31. The Morgan fingerprint density at radius 2 is 1.76 bits per heavy atom. The summed E-state index contributed by atoms with van der Waals surface area (Å²) in [5.41, 5.74) is 5.50. The molecule has 21 heavy (non-hydrogen) atoms. The Morgan fingerprint density at radius 3 is 2.19 bits per heavy atom. The third kappa shape index (κ3) is 6.03. The fourth-order valence-electron chi connectivity index (χ4n) is 1.68. The summed E-state index contributed by atoms with van der Waals surface area (Å²) in [5.74, 6) is -0.496. The van der Waals surface area contributed by atoms with Crippen molar-refractivity contribution in [1.82, 2.24) is 9.34 Å². The standard InChI is InChI=1S/C12H26N3O5P/c1-5-14(12(17)20-7-3)21(18)15(9-8-13)10(4)11(16)19-6-2/h10,21H,5-9,13H2,1-4H3/t10-/m0/s1. The molecule has 0 radical (unpaired) electrons. The normalized spacial score (nSPS) is 13.6. The molecule has 0 aliphatic carbocycles. The molecular weight excluding hydrogens is 297 g/mol. The first-order chi connectivity index (χ1) is 9.94. The average Bonchev–Trinajstić information content (AvgIpc) is 2.45. The van der Waals surface area contributed by atoms with Gasteiger partial charge in [0.15, 0.2) is 0 Å². The quantitative estimate of drug-likeness (QED) is 0.500. The van der Waals surface area contributed by atoms with Gasteiger partial charge in [-0.05, 0) is 27.7 Å². The lowest BCUT2D eigenvalue weighted by Crippen LogP contribution is -2.42. The van der Waals surface area contributed by atoms with Crippen LogP contribution in [0.2, 0.25) is 0 Å². The van der Waals surface area contributed by atoms with Crippen molar-refractivity contribution < 1.29 is 23.6 Å². The highest BCUT2D eigenvalue weighted by Gasteiger charge is 2.31. The number of rotatable bonds is 9. The highest BCUT2D eigenvalue weighted by Crippen LogP contribution is 2.34. The average molecular weight is 323 g/mol. The summed E-state index contributed by atoms with van der Waals surface area (Å²) in [6, 6.07) is -0.747. The molecule has 124 valence electrons. The van der Waals surface area contributed by atoms with Gasteiger partial charge in [0.1, 0.15) is 6.04 Å². The molecule has 0 saturated carbocycles. The Balaban J connectivity index is 5.11. The van der Waals surface area contributed by atoms with Crippen LogP contribution in [0.25, 0.3) is 0 Å². The van der Waals surface area contributed by atoms with Crippen molar-refractivity contribution in [2.75, 3.05) is 32.8 Å². The van der Waals surface area contributed by atoms with Crippen LogP contribution < -0.4 is 5.73 Å². The number of nitrogens with zero attached hydrogens (tertiary/aromatic N) is 2. The van der Waals surface area contributed by atoms with E-state index in [1.807, 2.05) is 0 Å². The van der Waals surface area contributed by atoms with Gasteiger partial charge in [0.25, 0.3) is 0 Å². The van der Waals surface area contributed by atoms with Crippen LogP contribution in [0.4, 0.5) is 4.79 Å². The molecule has 0 spiro atoms. The molecule has 1 unspecified atom stereocenters. The number of hydrogen-bond acceptors (Lipinski definition) is 6. The lowest BCUT2D eigenvalue weighted by atomic mass is 10.3. The third-order valence-electron chi connectivity index (χ3n) is 2.75. The molecule has 1 amide bonds. The maximum atomic E-state index is 12.6. The van der Waals surface area contributed by atoms with E-state index in [-0.39, 0.29) is 32.8 Å². The highest BCUT2D eigenvalue weighted by atomic mass is 31.1. The maximum Gasteiger partial charge on any atom is 0.416 e. The van der Waals surface area contributed by atoms with Crippen molar-refractivity contribution in [1.29, 1.82) is 0 Å². The summed E-state index contributed by atoms with van der Waals surface area (Å²) < 4.78 is 24.9. The van der Waals surface area contributed by atoms with Crippen LogP contribution >= 0.6 is 8.10 Å². The van der Waals surface area contributed by atoms with Crippen molar-refractivity contribution in [3.8, 4) is 0 Å². The molecule has 2 atom stereocenters. The SMILES string of the molecule is CCOC(=O)[C@H](C)N(CCN)[PH](=O)N(CC)C(=O)OCC. The Kier molecular flexibility index (Phi) is 10.0. The zero-order chi connectivity index (χ0) is 16.4. The van der Waals surface area contributed by atoms with Gasteiger partial charge in [-0.3, -0.25) is 9.36 Å². The Morgan fingerprint density at radius 1 is 1.19 bits per heavy atom. The molecule has 0 rings (SSSR count). The van der Waals surface area contributed by atoms with Crippen LogP contribution in [-0.2, 0) is 18.8 Å². The Labute approximate surface area is 126 Å². The topological polar surface area (TPSA) is 102 Å². The molecule has 2 N–H and O–H groups in total. The molecule has 0 aromatic heterocycles. The number of ether oxygens (including phenoxy) is 2. The zero-order valence-corrected chi connectivity index (χ0v) is 14.1. The van der Waals surface area contributed by atoms with E-state index in [0.29, 0.717) is 0 Å². The van der Waals surface area contributed by atoms with Crippen molar-refractivity contribution in [3.05, 3.63) is 0 Å². The monoisotopic (exact) mass is 323 g/mol. The van der Waals surface area contributed by atoms with E-state index in [2.05, 4.69) is 0 Å². The van der Waals surface area contributed by atoms with Gasteiger partial charge in [-0.15, -0.1) is 0 Å². The lowest BCUT2D eigenvalue weighted by molar-refractivity contribution is -0.147. The largest absolute Gasteiger partial charge is 0.465 e. The van der Waals surface area contributed by atoms with E-state index >= 15 is 0 Å². The van der Waals surface area contributed by atoms with Crippen molar-refractivity contribution >= 4 is 20.2 Å². The summed E-state index contributed by atoms with van der Waals surface area (Å²) in [5, 5.41) is 0. The maximum absolute atomic E-state index is 12.6. The van der Waals surface area contributed by atoms with Crippen LogP contribution in [0.5, 0.6) is 0 Å². The summed E-state index contributed by atoms with van der Waals surface area (Å²) in [7, 11) is -2.70. The molecule has 0 saturated heterocycles. The smallest absolute Gasteiger partial charge is 0.416 e. The van der Waals surface area contributed by atoms with Gasteiger partial charge in [0, 0.05) is 19.6 Å². The van der Waals surface area contributed by atoms with E-state index in [1.54, 1.807) is 27.7 Å². The second kappa shape index (κ2) is 10.6. The molecule has 0 bridgehead atoms. The molecule has 8 nitrogen and oxygen atoms in total. The number of amides is 1. The Hall–Kier alpha value is -1.11. The summed E-state index contributed by atoms with van der Waals surface area (Å²) >= 11 is 0. The van der Waals surface area contributed by atoms with Crippen LogP contribution in [-0.4, -0.2) is 60.3 Å². The fourth-order valence-corrected chi connectivity index (χ4v) is 3.24. The van der Waals surface area contributed by atoms with Gasteiger partial charge in [-0.25, -0.2) is 14.1 Å². The molecule has 0 aliphatic heterocycles. The number of carbonyl (C=O) groups is 2. The van der Waals surface area contributed by atoms with E-state index in [1.165, 1.54) is 4.67 Å². The second-order valence-corrected chi connectivity index (χ2v) is 5.82. The number of hydrogen-bond donors (Lipinski definition) is 1. The van der Waals surface area contributed by atoms with Crippen molar-refractivity contribution in [3.63, 3.8) is 0 Å². The van der Waals surface area contributed by atoms with Gasteiger partial charge in [0.05, 0.1) is 13.2 Å². The van der Waals surface area contributed by atoms with E-state index < -0.39 is 26.2 Å². The molecule has 0 aliphatic rings. The minimum absolute atomic E-state index is 0.189. The Bertz CT molecular complexity index is 367. The molecule has 0 aromatic rings. The summed E-state index contributed by atoms with van der Waals surface area (Å²) in [6.45, 7) is 7.69. The van der Waals surface area contributed by atoms with Crippen molar-refractivity contribution in [2.24, 2.45) is 5.73 Å². The first-order valence-corrected chi connectivity index (χ1v) is 8.36. The van der Waals surface area contributed by atoms with Gasteiger partial charge in [-0.1, -0.05) is 0 Å². The van der Waals surface area contributed by atoms with Gasteiger partial charge in [-0.2, -0.15) is 0 Å². The van der Waals surface area contributed by atoms with E-state index in [9.17, 15) is 14.2 Å². The van der Waals surface area contributed by atoms with Gasteiger partial charge < -0.3 is 15.2 Å². The number of esters is 1. The fraction of sp³-hybridized carbons (Fsp3) is 0.833. The third-order valence-corrected chi connectivity index (χ3v) is 4.81. The predicted molar refractivity (Wildman–Crippen MR) is 80.3 cm³/mol. The number of nitrogens with two attached hydrogens (primary N) is 1. The van der Waals surface area contributed by atoms with Gasteiger partial charge >= 0.3 is 12.1 Å². The van der Waals surface area contributed by atoms with Crippen LogP contribution in [0.3, 0.4) is 0 Å². The van der Waals surface area contributed by atoms with Crippen LogP contribution in [0.1, 0.15) is 27.7 Å². The number of carbonyl (C=O) groups excluding carboxylic acids is 2. The van der Waals surface area contributed by atoms with Crippen LogP contribution in [0.15, 0.2) is 0 Å². The molecule has 0 heterocycles. The second-order valence-electron chi connectivity index (χ2n) is 4.14. The van der Waals surface area contributed by atoms with Crippen molar-refractivity contribution in [2.45, 2.75) is 33.7 Å². The molecular formula is C12H26N3O5P. The minimum Gasteiger partial charge on any atom is -0.465 e. The minimum atomic E-state index is -2.70. The predicted octanol–water partition coefficient (Wildman–Crippen LogP) is 1.07. The molecule has 0 fully saturated rings. The first kappa shape index (κ1) is 19.9. The highest BCUT2D eigenvalue weighted by molar-refractivity contribution is 7.40. The summed E-state index contributed by atoms with van der Waals surface area (Å²) in [4.78, 5) is 23.6. The zero-order valence-electron chi connectivity index (χ0n) is 13.1. The van der Waals surface area contributed by atoms with E-state index in [4.69, 9.17) is 15.2 Å². The molecule has 0 aromatic carbocycles. The first-order valence-electron chi connectivity index (χ1n) is 7.06.